The summed E-state index contributed by atoms with van der Waals surface area (Å²) in [4.78, 5) is 7.13. The van der Waals surface area contributed by atoms with Crippen molar-refractivity contribution in [1.29, 1.82) is 0 Å². The molecule has 1 rings (SSSR count). The van der Waals surface area contributed by atoms with Gasteiger partial charge in [-0.05, 0) is 6.42 Å². The van der Waals surface area contributed by atoms with Crippen LogP contribution in [0.2, 0.25) is 0 Å². The minimum atomic E-state index is -0.0212. The summed E-state index contributed by atoms with van der Waals surface area (Å²) in [6, 6.07) is 0. The lowest BCUT2D eigenvalue weighted by Crippen LogP contribution is -2.34. The number of aliphatic hydroxyl groups excluding tert-OH is 1. The number of H-pyrrole nitrogens is 1. The van der Waals surface area contributed by atoms with Crippen molar-refractivity contribution in [2.24, 2.45) is 5.41 Å². The van der Waals surface area contributed by atoms with Gasteiger partial charge in [-0.2, -0.15) is 0 Å². The lowest BCUT2D eigenvalue weighted by molar-refractivity contribution is 0.135. The number of aromatic amines is 1. The first-order valence-electron chi connectivity index (χ1n) is 5.00. The summed E-state index contributed by atoms with van der Waals surface area (Å²) in [6.07, 6.45) is 4.51. The van der Waals surface area contributed by atoms with Gasteiger partial charge in [0.15, 0.2) is 0 Å². The molecular formula is C10H19N3O. The molecule has 4 heteroatoms. The molecule has 0 aromatic carbocycles. The van der Waals surface area contributed by atoms with E-state index in [1.54, 1.807) is 6.20 Å². The number of aromatic nitrogens is 2. The molecule has 0 saturated heterocycles. The molecule has 4 nitrogen and oxygen atoms in total. The van der Waals surface area contributed by atoms with Crippen LogP contribution in [0.25, 0.3) is 0 Å². The first-order chi connectivity index (χ1) is 6.70. The zero-order valence-corrected chi connectivity index (χ0v) is 8.88. The number of aliphatic hydroxyl groups is 1. The van der Waals surface area contributed by atoms with Gasteiger partial charge in [-0.25, -0.2) is 4.98 Å². The van der Waals surface area contributed by atoms with Crippen LogP contribution in [-0.4, -0.2) is 28.2 Å². The number of hydrogen-bond acceptors (Lipinski definition) is 3. The molecule has 80 valence electrons. The molecule has 0 amide bonds. The highest BCUT2D eigenvalue weighted by Crippen LogP contribution is 2.18. The van der Waals surface area contributed by atoms with Gasteiger partial charge in [-0.3, -0.25) is 0 Å². The Balaban J connectivity index is 2.27. The van der Waals surface area contributed by atoms with Gasteiger partial charge in [-0.15, -0.1) is 0 Å². The van der Waals surface area contributed by atoms with Crippen molar-refractivity contribution < 1.29 is 5.11 Å². The molecule has 3 N–H and O–H groups in total. The standard InChI is InChI=1S/C10H19N3O/c1-3-10(2,8-14)7-11-6-9-12-4-5-13-9/h4-5,11,14H,3,6-8H2,1-2H3,(H,12,13). The minimum absolute atomic E-state index is 0.0212. The second-order valence-corrected chi connectivity index (χ2v) is 3.96. The average molecular weight is 197 g/mol. The van der Waals surface area contributed by atoms with Gasteiger partial charge in [0, 0.05) is 31.0 Å². The predicted octanol–water partition coefficient (Wildman–Crippen LogP) is 0.908. The maximum Gasteiger partial charge on any atom is 0.120 e. The van der Waals surface area contributed by atoms with Crippen molar-refractivity contribution in [3.8, 4) is 0 Å². The first kappa shape index (κ1) is 11.2. The SMILES string of the molecule is CCC(C)(CO)CNCc1ncc[nH]1. The topological polar surface area (TPSA) is 60.9 Å². The third-order valence-corrected chi connectivity index (χ3v) is 2.63. The van der Waals surface area contributed by atoms with E-state index in [-0.39, 0.29) is 12.0 Å². The Labute approximate surface area is 84.8 Å². The van der Waals surface area contributed by atoms with Crippen LogP contribution in [0.15, 0.2) is 12.4 Å². The Morgan fingerprint density at radius 2 is 2.43 bits per heavy atom. The second-order valence-electron chi connectivity index (χ2n) is 3.96. The van der Waals surface area contributed by atoms with Crippen LogP contribution in [0.4, 0.5) is 0 Å². The van der Waals surface area contributed by atoms with Crippen LogP contribution >= 0.6 is 0 Å². The molecule has 0 saturated carbocycles. The maximum absolute atomic E-state index is 9.18. The highest BCUT2D eigenvalue weighted by molar-refractivity contribution is 4.86. The van der Waals surface area contributed by atoms with E-state index in [1.807, 2.05) is 6.20 Å². The van der Waals surface area contributed by atoms with Crippen LogP contribution < -0.4 is 5.32 Å². The summed E-state index contributed by atoms with van der Waals surface area (Å²) < 4.78 is 0. The highest BCUT2D eigenvalue weighted by atomic mass is 16.3. The molecule has 0 aliphatic carbocycles. The van der Waals surface area contributed by atoms with Crippen molar-refractivity contribution in [1.82, 2.24) is 15.3 Å². The van der Waals surface area contributed by atoms with Crippen LogP contribution in [-0.2, 0) is 6.54 Å². The first-order valence-corrected chi connectivity index (χ1v) is 5.00. The number of nitrogens with zero attached hydrogens (tertiary/aromatic N) is 1. The summed E-state index contributed by atoms with van der Waals surface area (Å²) in [5, 5.41) is 12.5. The monoisotopic (exact) mass is 197 g/mol. The lowest BCUT2D eigenvalue weighted by atomic mass is 9.89. The average Bonchev–Trinajstić information content (AvgIpc) is 2.70. The van der Waals surface area contributed by atoms with E-state index in [1.165, 1.54) is 0 Å². The van der Waals surface area contributed by atoms with Crippen molar-refractivity contribution in [3.63, 3.8) is 0 Å². The molecule has 0 spiro atoms. The summed E-state index contributed by atoms with van der Waals surface area (Å²) in [7, 11) is 0. The fraction of sp³-hybridized carbons (Fsp3) is 0.700. The Morgan fingerprint density at radius 1 is 1.64 bits per heavy atom. The Kier molecular flexibility index (Phi) is 4.10. The lowest BCUT2D eigenvalue weighted by Gasteiger charge is -2.25. The number of hydrogen-bond donors (Lipinski definition) is 3. The molecule has 1 unspecified atom stereocenters. The molecule has 1 aromatic rings. The quantitative estimate of drug-likeness (QED) is 0.635. The van der Waals surface area contributed by atoms with Crippen molar-refractivity contribution >= 4 is 0 Å². The van der Waals surface area contributed by atoms with E-state index in [4.69, 9.17) is 0 Å². The summed E-state index contributed by atoms with van der Waals surface area (Å²) in [6.45, 7) is 5.91. The zero-order valence-electron chi connectivity index (χ0n) is 8.88. The summed E-state index contributed by atoms with van der Waals surface area (Å²) >= 11 is 0. The van der Waals surface area contributed by atoms with E-state index >= 15 is 0 Å². The number of imidazole rings is 1. The second kappa shape index (κ2) is 5.12. The van der Waals surface area contributed by atoms with E-state index in [0.29, 0.717) is 0 Å². The van der Waals surface area contributed by atoms with Crippen LogP contribution in [0.3, 0.4) is 0 Å². The molecular weight excluding hydrogens is 178 g/mol. The fourth-order valence-corrected chi connectivity index (χ4v) is 1.17. The predicted molar refractivity (Wildman–Crippen MR) is 55.8 cm³/mol. The molecule has 0 aliphatic rings. The van der Waals surface area contributed by atoms with Gasteiger partial charge in [0.2, 0.25) is 0 Å². The molecule has 0 fully saturated rings. The molecule has 1 atom stereocenters. The van der Waals surface area contributed by atoms with Gasteiger partial charge in [0.1, 0.15) is 5.82 Å². The third-order valence-electron chi connectivity index (χ3n) is 2.63. The van der Waals surface area contributed by atoms with Gasteiger partial charge < -0.3 is 15.4 Å². The number of rotatable bonds is 6. The van der Waals surface area contributed by atoms with Crippen molar-refractivity contribution in [2.45, 2.75) is 26.8 Å². The van der Waals surface area contributed by atoms with E-state index < -0.39 is 0 Å². The smallest absolute Gasteiger partial charge is 0.120 e. The van der Waals surface area contributed by atoms with Gasteiger partial charge in [0.25, 0.3) is 0 Å². The van der Waals surface area contributed by atoms with Gasteiger partial charge in [-0.1, -0.05) is 13.8 Å². The highest BCUT2D eigenvalue weighted by Gasteiger charge is 2.20. The normalized spacial score (nSPS) is 15.4. The van der Waals surface area contributed by atoms with Crippen LogP contribution in [0.1, 0.15) is 26.1 Å². The maximum atomic E-state index is 9.18. The van der Waals surface area contributed by atoms with Crippen LogP contribution in [0.5, 0.6) is 0 Å². The minimum Gasteiger partial charge on any atom is -0.396 e. The molecule has 1 heterocycles. The summed E-state index contributed by atoms with van der Waals surface area (Å²) in [5.41, 5.74) is -0.0212. The van der Waals surface area contributed by atoms with Gasteiger partial charge >= 0.3 is 0 Å². The number of nitrogens with one attached hydrogen (secondary N) is 2. The Bertz CT molecular complexity index is 242. The molecule has 14 heavy (non-hydrogen) atoms. The van der Waals surface area contributed by atoms with Crippen molar-refractivity contribution in [2.75, 3.05) is 13.2 Å². The van der Waals surface area contributed by atoms with E-state index in [0.717, 1.165) is 25.3 Å². The molecule has 1 aromatic heterocycles. The fourth-order valence-electron chi connectivity index (χ4n) is 1.17. The Hall–Kier alpha value is -0.870. The van der Waals surface area contributed by atoms with Crippen molar-refractivity contribution in [3.05, 3.63) is 18.2 Å². The zero-order chi connectivity index (χ0) is 10.4. The molecule has 0 radical (unpaired) electrons. The van der Waals surface area contributed by atoms with Gasteiger partial charge in [0.05, 0.1) is 6.54 Å². The Morgan fingerprint density at radius 3 is 2.93 bits per heavy atom. The summed E-state index contributed by atoms with van der Waals surface area (Å²) in [5.74, 6) is 0.932. The molecule has 0 bridgehead atoms. The molecule has 0 aliphatic heterocycles. The van der Waals surface area contributed by atoms with E-state index in [2.05, 4.69) is 29.1 Å². The third kappa shape index (κ3) is 3.12. The largest absolute Gasteiger partial charge is 0.396 e. The van der Waals surface area contributed by atoms with E-state index in [9.17, 15) is 5.11 Å². The van der Waals surface area contributed by atoms with Crippen LogP contribution in [0, 0.1) is 5.41 Å².